The lowest BCUT2D eigenvalue weighted by Gasteiger charge is -2.35. The summed E-state index contributed by atoms with van der Waals surface area (Å²) in [6.45, 7) is 8.29. The van der Waals surface area contributed by atoms with Gasteiger partial charge in [-0.1, -0.05) is 26.0 Å². The van der Waals surface area contributed by atoms with Crippen LogP contribution >= 0.6 is 0 Å². The predicted octanol–water partition coefficient (Wildman–Crippen LogP) is 0.951. The highest BCUT2D eigenvalue weighted by Gasteiger charge is 2.22. The molecule has 1 unspecified atom stereocenters. The molecule has 1 heterocycles. The first-order valence-corrected chi connectivity index (χ1v) is 8.61. The van der Waals surface area contributed by atoms with Gasteiger partial charge in [-0.05, 0) is 24.2 Å². The van der Waals surface area contributed by atoms with Crippen LogP contribution in [0.15, 0.2) is 29.2 Å². The number of nitrogens with one attached hydrogen (secondary N) is 2. The molecule has 112 valence electrons. The molecule has 5 nitrogen and oxygen atoms in total. The number of nitrogens with zero attached hydrogens (tertiary/aromatic N) is 1. The van der Waals surface area contributed by atoms with Crippen molar-refractivity contribution < 1.29 is 8.42 Å². The van der Waals surface area contributed by atoms with E-state index in [9.17, 15) is 8.42 Å². The van der Waals surface area contributed by atoms with Crippen molar-refractivity contribution in [2.45, 2.75) is 24.8 Å². The van der Waals surface area contributed by atoms with Crippen LogP contribution < -0.4 is 10.0 Å². The zero-order valence-corrected chi connectivity index (χ0v) is 12.9. The van der Waals surface area contributed by atoms with E-state index in [1.54, 1.807) is 19.1 Å². The molecule has 1 aromatic carbocycles. The minimum Gasteiger partial charge on any atom is -0.314 e. The van der Waals surface area contributed by atoms with Crippen molar-refractivity contribution in [2.24, 2.45) is 0 Å². The van der Waals surface area contributed by atoms with Crippen molar-refractivity contribution in [1.29, 1.82) is 0 Å². The number of hydrogen-bond acceptors (Lipinski definition) is 4. The number of piperazine rings is 1. The molecular weight excluding hydrogens is 274 g/mol. The average molecular weight is 297 g/mol. The first kappa shape index (κ1) is 15.4. The van der Waals surface area contributed by atoms with Gasteiger partial charge in [0.2, 0.25) is 10.0 Å². The molecule has 1 saturated heterocycles. The van der Waals surface area contributed by atoms with Crippen LogP contribution in [0.5, 0.6) is 0 Å². The Morgan fingerprint density at radius 1 is 1.30 bits per heavy atom. The fourth-order valence-corrected chi connectivity index (χ4v) is 3.64. The summed E-state index contributed by atoms with van der Waals surface area (Å²) in [7, 11) is -3.36. The molecule has 1 aliphatic rings. The Balaban J connectivity index is 2.19. The first-order chi connectivity index (χ1) is 9.58. The van der Waals surface area contributed by atoms with Gasteiger partial charge in [0.05, 0.1) is 4.90 Å². The zero-order chi connectivity index (χ0) is 14.6. The SMILES string of the molecule is CCNS(=O)(=O)c1ccc(C2CNCCN2CC)cc1. The van der Waals surface area contributed by atoms with E-state index < -0.39 is 10.0 Å². The van der Waals surface area contributed by atoms with Crippen LogP contribution in [0.1, 0.15) is 25.5 Å². The lowest BCUT2D eigenvalue weighted by atomic mass is 10.0. The fourth-order valence-electron chi connectivity index (χ4n) is 2.60. The number of sulfonamides is 1. The van der Waals surface area contributed by atoms with Crippen molar-refractivity contribution in [3.63, 3.8) is 0 Å². The maximum Gasteiger partial charge on any atom is 0.240 e. The van der Waals surface area contributed by atoms with E-state index >= 15 is 0 Å². The molecular formula is C14H23N3O2S. The van der Waals surface area contributed by atoms with E-state index in [1.807, 2.05) is 12.1 Å². The second-order valence-corrected chi connectivity index (χ2v) is 6.69. The summed E-state index contributed by atoms with van der Waals surface area (Å²) in [5.74, 6) is 0. The topological polar surface area (TPSA) is 61.4 Å². The lowest BCUT2D eigenvalue weighted by Crippen LogP contribution is -2.45. The van der Waals surface area contributed by atoms with Crippen molar-refractivity contribution in [3.8, 4) is 0 Å². The summed E-state index contributed by atoms with van der Waals surface area (Å²) in [5, 5.41) is 3.39. The van der Waals surface area contributed by atoms with Gasteiger partial charge in [0, 0.05) is 32.2 Å². The minimum atomic E-state index is -3.36. The second-order valence-electron chi connectivity index (χ2n) is 4.92. The smallest absolute Gasteiger partial charge is 0.240 e. The maximum absolute atomic E-state index is 11.9. The first-order valence-electron chi connectivity index (χ1n) is 7.13. The van der Waals surface area contributed by atoms with Gasteiger partial charge in [0.25, 0.3) is 0 Å². The Morgan fingerprint density at radius 2 is 2.00 bits per heavy atom. The van der Waals surface area contributed by atoms with Gasteiger partial charge < -0.3 is 5.32 Å². The van der Waals surface area contributed by atoms with Crippen LogP contribution in [0, 0.1) is 0 Å². The van der Waals surface area contributed by atoms with E-state index in [0.717, 1.165) is 31.7 Å². The van der Waals surface area contributed by atoms with Gasteiger partial charge in [0.1, 0.15) is 0 Å². The monoisotopic (exact) mass is 297 g/mol. The normalized spacial score (nSPS) is 21.0. The fraction of sp³-hybridized carbons (Fsp3) is 0.571. The molecule has 0 radical (unpaired) electrons. The van der Waals surface area contributed by atoms with Gasteiger partial charge in [-0.15, -0.1) is 0 Å². The minimum absolute atomic E-state index is 0.324. The molecule has 1 aliphatic heterocycles. The van der Waals surface area contributed by atoms with Gasteiger partial charge in [-0.3, -0.25) is 4.90 Å². The molecule has 0 amide bonds. The number of rotatable bonds is 5. The van der Waals surface area contributed by atoms with Gasteiger partial charge in [-0.25, -0.2) is 13.1 Å². The molecule has 6 heteroatoms. The maximum atomic E-state index is 11.9. The molecule has 0 aromatic heterocycles. The largest absolute Gasteiger partial charge is 0.314 e. The average Bonchev–Trinajstić information content (AvgIpc) is 2.47. The summed E-state index contributed by atoms with van der Waals surface area (Å²) >= 11 is 0. The Morgan fingerprint density at radius 3 is 2.60 bits per heavy atom. The molecule has 1 aromatic rings. The summed E-state index contributed by atoms with van der Waals surface area (Å²) in [6, 6.07) is 7.55. The molecule has 0 spiro atoms. The summed E-state index contributed by atoms with van der Waals surface area (Å²) < 4.78 is 26.3. The Hall–Kier alpha value is -0.950. The third-order valence-corrected chi connectivity index (χ3v) is 5.23. The number of hydrogen-bond donors (Lipinski definition) is 2. The summed E-state index contributed by atoms with van der Waals surface area (Å²) in [5.41, 5.74) is 1.16. The third kappa shape index (κ3) is 3.38. The molecule has 0 bridgehead atoms. The van der Waals surface area contributed by atoms with E-state index in [4.69, 9.17) is 0 Å². The summed E-state index contributed by atoms with van der Waals surface area (Å²) in [4.78, 5) is 2.74. The van der Waals surface area contributed by atoms with E-state index in [0.29, 0.717) is 17.5 Å². The van der Waals surface area contributed by atoms with E-state index in [1.165, 1.54) is 0 Å². The van der Waals surface area contributed by atoms with Crippen molar-refractivity contribution >= 4 is 10.0 Å². The number of likely N-dealkylation sites (N-methyl/N-ethyl adjacent to an activating group) is 1. The van der Waals surface area contributed by atoms with E-state index in [2.05, 4.69) is 21.9 Å². The standard InChI is InChI=1S/C14H23N3O2S/c1-3-16-20(18,19)13-7-5-12(6-8-13)14-11-15-9-10-17(14)4-2/h5-8,14-16H,3-4,9-11H2,1-2H3. The molecule has 0 saturated carbocycles. The van der Waals surface area contributed by atoms with Gasteiger partial charge in [-0.2, -0.15) is 0 Å². The van der Waals surface area contributed by atoms with Crippen LogP contribution in [-0.2, 0) is 10.0 Å². The molecule has 1 atom stereocenters. The van der Waals surface area contributed by atoms with Crippen LogP contribution in [0.4, 0.5) is 0 Å². The highest BCUT2D eigenvalue weighted by atomic mass is 32.2. The van der Waals surface area contributed by atoms with Crippen LogP contribution in [-0.4, -0.2) is 46.0 Å². The Kier molecular flexibility index (Phi) is 5.15. The molecule has 20 heavy (non-hydrogen) atoms. The molecule has 0 aliphatic carbocycles. The molecule has 1 fully saturated rings. The zero-order valence-electron chi connectivity index (χ0n) is 12.1. The van der Waals surface area contributed by atoms with Gasteiger partial charge >= 0.3 is 0 Å². The van der Waals surface area contributed by atoms with Crippen molar-refractivity contribution in [3.05, 3.63) is 29.8 Å². The second kappa shape index (κ2) is 6.67. The predicted molar refractivity (Wildman–Crippen MR) is 80.2 cm³/mol. The van der Waals surface area contributed by atoms with Crippen molar-refractivity contribution in [1.82, 2.24) is 14.9 Å². The van der Waals surface area contributed by atoms with Crippen LogP contribution in [0.2, 0.25) is 0 Å². The quantitative estimate of drug-likeness (QED) is 0.849. The third-order valence-electron chi connectivity index (χ3n) is 3.67. The van der Waals surface area contributed by atoms with Gasteiger partial charge in [0.15, 0.2) is 0 Å². The van der Waals surface area contributed by atoms with Crippen LogP contribution in [0.3, 0.4) is 0 Å². The van der Waals surface area contributed by atoms with Crippen LogP contribution in [0.25, 0.3) is 0 Å². The lowest BCUT2D eigenvalue weighted by molar-refractivity contribution is 0.171. The Bertz CT molecular complexity index is 528. The molecule has 2 rings (SSSR count). The molecule has 2 N–H and O–H groups in total. The highest BCUT2D eigenvalue weighted by Crippen LogP contribution is 2.23. The summed E-state index contributed by atoms with van der Waals surface area (Å²) in [6.07, 6.45) is 0. The van der Waals surface area contributed by atoms with E-state index in [-0.39, 0.29) is 0 Å². The highest BCUT2D eigenvalue weighted by molar-refractivity contribution is 7.89. The Labute approximate surface area is 121 Å². The number of benzene rings is 1. The van der Waals surface area contributed by atoms with Crippen molar-refractivity contribution in [2.75, 3.05) is 32.7 Å².